The van der Waals surface area contributed by atoms with Crippen molar-refractivity contribution in [3.8, 4) is 0 Å². The van der Waals surface area contributed by atoms with Crippen LogP contribution in [0.25, 0.3) is 0 Å². The number of hydrogen-bond acceptors (Lipinski definition) is 3. The van der Waals surface area contributed by atoms with Crippen molar-refractivity contribution in [2.24, 2.45) is 5.92 Å². The molecule has 1 aliphatic heterocycles. The number of amides is 2. The van der Waals surface area contributed by atoms with E-state index in [4.69, 9.17) is 0 Å². The number of rotatable bonds is 5. The van der Waals surface area contributed by atoms with Gasteiger partial charge in [-0.2, -0.15) is 4.31 Å². The molecule has 6 nitrogen and oxygen atoms in total. The molecule has 7 heteroatoms. The number of urea groups is 1. The van der Waals surface area contributed by atoms with Crippen LogP contribution >= 0.6 is 0 Å². The monoisotopic (exact) mass is 291 g/mol. The van der Waals surface area contributed by atoms with Crippen molar-refractivity contribution in [1.82, 2.24) is 14.5 Å². The molecule has 0 bridgehead atoms. The highest BCUT2D eigenvalue weighted by Gasteiger charge is 2.27. The summed E-state index contributed by atoms with van der Waals surface area (Å²) in [6.45, 7) is 8.26. The number of nitrogens with one attached hydrogen (secondary N) is 1. The van der Waals surface area contributed by atoms with Gasteiger partial charge in [0.05, 0.1) is 5.75 Å². The third-order valence-electron chi connectivity index (χ3n) is 3.28. The fraction of sp³-hybridized carbons (Fsp3) is 0.917. The van der Waals surface area contributed by atoms with Gasteiger partial charge in [0.25, 0.3) is 0 Å². The van der Waals surface area contributed by atoms with Crippen LogP contribution in [0.4, 0.5) is 4.79 Å². The molecule has 0 unspecified atom stereocenters. The predicted octanol–water partition coefficient (Wildman–Crippen LogP) is 0.709. The number of hydrogen-bond donors (Lipinski definition) is 1. The van der Waals surface area contributed by atoms with Crippen molar-refractivity contribution in [1.29, 1.82) is 0 Å². The second-order valence-corrected chi connectivity index (χ2v) is 7.46. The van der Waals surface area contributed by atoms with E-state index in [9.17, 15) is 13.2 Å². The Kier molecular flexibility index (Phi) is 6.06. The summed E-state index contributed by atoms with van der Waals surface area (Å²) in [7, 11) is -3.12. The second kappa shape index (κ2) is 7.09. The van der Waals surface area contributed by atoms with Crippen LogP contribution in [-0.2, 0) is 10.0 Å². The van der Waals surface area contributed by atoms with Crippen LogP contribution in [-0.4, -0.2) is 62.1 Å². The molecule has 1 fully saturated rings. The summed E-state index contributed by atoms with van der Waals surface area (Å²) in [6.07, 6.45) is 0.954. The van der Waals surface area contributed by atoms with E-state index in [0.29, 0.717) is 38.6 Å². The summed E-state index contributed by atoms with van der Waals surface area (Å²) in [5.74, 6) is 0.681. The summed E-state index contributed by atoms with van der Waals surface area (Å²) in [4.78, 5) is 13.5. The molecule has 0 aromatic heterocycles. The first-order chi connectivity index (χ1) is 8.86. The van der Waals surface area contributed by atoms with E-state index >= 15 is 0 Å². The van der Waals surface area contributed by atoms with Gasteiger partial charge in [-0.25, -0.2) is 13.2 Å². The van der Waals surface area contributed by atoms with Crippen molar-refractivity contribution in [3.05, 3.63) is 0 Å². The highest BCUT2D eigenvalue weighted by molar-refractivity contribution is 7.89. The first-order valence-electron chi connectivity index (χ1n) is 6.87. The smallest absolute Gasteiger partial charge is 0.317 e. The van der Waals surface area contributed by atoms with Gasteiger partial charge >= 0.3 is 6.03 Å². The molecule has 0 aromatic rings. The van der Waals surface area contributed by atoms with Crippen molar-refractivity contribution in [2.45, 2.75) is 27.2 Å². The van der Waals surface area contributed by atoms with Crippen molar-refractivity contribution >= 4 is 16.1 Å². The topological polar surface area (TPSA) is 69.7 Å². The lowest BCUT2D eigenvalue weighted by atomic mass is 10.1. The Balaban J connectivity index is 2.35. The molecule has 1 aliphatic rings. The van der Waals surface area contributed by atoms with Crippen LogP contribution in [0.5, 0.6) is 0 Å². The lowest BCUT2D eigenvalue weighted by Crippen LogP contribution is -2.53. The van der Waals surface area contributed by atoms with Gasteiger partial charge in [0, 0.05) is 32.7 Å². The summed E-state index contributed by atoms with van der Waals surface area (Å²) in [5, 5.41) is 2.87. The van der Waals surface area contributed by atoms with E-state index in [2.05, 4.69) is 19.2 Å². The molecule has 112 valence electrons. The summed E-state index contributed by atoms with van der Waals surface area (Å²) in [5.41, 5.74) is 0. The first-order valence-corrected chi connectivity index (χ1v) is 8.48. The molecule has 1 rings (SSSR count). The zero-order chi connectivity index (χ0) is 14.5. The van der Waals surface area contributed by atoms with Crippen molar-refractivity contribution < 1.29 is 13.2 Å². The molecule has 19 heavy (non-hydrogen) atoms. The molecular weight excluding hydrogens is 266 g/mol. The van der Waals surface area contributed by atoms with Crippen LogP contribution in [0, 0.1) is 5.92 Å². The maximum Gasteiger partial charge on any atom is 0.317 e. The van der Waals surface area contributed by atoms with Crippen LogP contribution in [0.15, 0.2) is 0 Å². The Labute approximate surface area is 116 Å². The number of carbonyl (C=O) groups excluding carboxylic acids is 1. The normalized spacial score (nSPS) is 17.8. The Morgan fingerprint density at radius 3 is 2.26 bits per heavy atom. The van der Waals surface area contributed by atoms with E-state index < -0.39 is 10.0 Å². The maximum atomic E-state index is 11.9. The summed E-state index contributed by atoms with van der Waals surface area (Å²) >= 11 is 0. The highest BCUT2D eigenvalue weighted by Crippen LogP contribution is 2.08. The number of sulfonamides is 1. The van der Waals surface area contributed by atoms with Gasteiger partial charge in [-0.05, 0) is 19.3 Å². The third-order valence-corrected chi connectivity index (χ3v) is 5.16. The van der Waals surface area contributed by atoms with E-state index in [1.807, 2.05) is 0 Å². The highest BCUT2D eigenvalue weighted by atomic mass is 32.2. The Morgan fingerprint density at radius 2 is 1.79 bits per heavy atom. The van der Waals surface area contributed by atoms with E-state index in [1.54, 1.807) is 11.8 Å². The maximum absolute atomic E-state index is 11.9. The average Bonchev–Trinajstić information content (AvgIpc) is 2.38. The average molecular weight is 291 g/mol. The molecule has 1 heterocycles. The SMILES string of the molecule is CCS(=O)(=O)N1CCN(C(=O)NCCC(C)C)CC1. The van der Waals surface area contributed by atoms with Crippen LogP contribution in [0.2, 0.25) is 0 Å². The summed E-state index contributed by atoms with van der Waals surface area (Å²) in [6, 6.07) is -0.0887. The number of carbonyl (C=O) groups is 1. The zero-order valence-corrected chi connectivity index (χ0v) is 12.9. The van der Waals surface area contributed by atoms with Gasteiger partial charge < -0.3 is 10.2 Å². The van der Waals surface area contributed by atoms with Gasteiger partial charge in [0.1, 0.15) is 0 Å². The van der Waals surface area contributed by atoms with Crippen LogP contribution < -0.4 is 5.32 Å². The molecule has 0 aliphatic carbocycles. The molecular formula is C12H25N3O3S. The molecule has 0 radical (unpaired) electrons. The molecule has 0 spiro atoms. The lowest BCUT2D eigenvalue weighted by Gasteiger charge is -2.33. The molecule has 0 saturated carbocycles. The van der Waals surface area contributed by atoms with Gasteiger partial charge in [-0.15, -0.1) is 0 Å². The van der Waals surface area contributed by atoms with Crippen LogP contribution in [0.1, 0.15) is 27.2 Å². The van der Waals surface area contributed by atoms with Crippen LogP contribution in [0.3, 0.4) is 0 Å². The Morgan fingerprint density at radius 1 is 1.21 bits per heavy atom. The minimum atomic E-state index is -3.12. The largest absolute Gasteiger partial charge is 0.338 e. The zero-order valence-electron chi connectivity index (χ0n) is 12.1. The number of nitrogens with zero attached hydrogens (tertiary/aromatic N) is 2. The second-order valence-electron chi connectivity index (χ2n) is 5.20. The van der Waals surface area contributed by atoms with Gasteiger partial charge in [-0.1, -0.05) is 13.8 Å². The minimum absolute atomic E-state index is 0.0887. The molecule has 2 amide bonds. The number of piperazine rings is 1. The minimum Gasteiger partial charge on any atom is -0.338 e. The van der Waals surface area contributed by atoms with Gasteiger partial charge in [0.15, 0.2) is 0 Å². The Bertz CT molecular complexity index is 387. The fourth-order valence-corrected chi connectivity index (χ4v) is 3.02. The third kappa shape index (κ3) is 4.99. The van der Waals surface area contributed by atoms with Gasteiger partial charge in [0.2, 0.25) is 10.0 Å². The van der Waals surface area contributed by atoms with E-state index in [-0.39, 0.29) is 11.8 Å². The fourth-order valence-electron chi connectivity index (χ4n) is 1.93. The molecule has 0 aromatic carbocycles. The quantitative estimate of drug-likeness (QED) is 0.811. The summed E-state index contributed by atoms with van der Waals surface area (Å²) < 4.78 is 24.8. The lowest BCUT2D eigenvalue weighted by molar-refractivity contribution is 0.172. The Hall–Kier alpha value is -0.820. The van der Waals surface area contributed by atoms with Crippen molar-refractivity contribution in [2.75, 3.05) is 38.5 Å². The van der Waals surface area contributed by atoms with Crippen molar-refractivity contribution in [3.63, 3.8) is 0 Å². The predicted molar refractivity (Wildman–Crippen MR) is 75.5 cm³/mol. The molecule has 0 atom stereocenters. The molecule has 1 N–H and O–H groups in total. The first kappa shape index (κ1) is 16.2. The van der Waals surface area contributed by atoms with E-state index in [1.165, 1.54) is 4.31 Å². The van der Waals surface area contributed by atoms with Gasteiger partial charge in [-0.3, -0.25) is 0 Å². The molecule has 1 saturated heterocycles. The standard InChI is InChI=1S/C12H25N3O3S/c1-4-19(17,18)15-9-7-14(8-10-15)12(16)13-6-5-11(2)3/h11H,4-10H2,1-3H3,(H,13,16). The van der Waals surface area contributed by atoms with E-state index in [0.717, 1.165) is 6.42 Å².